The van der Waals surface area contributed by atoms with Crippen LogP contribution in [0.25, 0.3) is 10.2 Å². The van der Waals surface area contributed by atoms with Gasteiger partial charge in [-0.1, -0.05) is 6.92 Å². The highest BCUT2D eigenvalue weighted by Crippen LogP contribution is 2.40. The molecule has 4 nitrogen and oxygen atoms in total. The van der Waals surface area contributed by atoms with E-state index in [-0.39, 0.29) is 6.10 Å². The molecule has 4 rings (SSSR count). The highest BCUT2D eigenvalue weighted by atomic mass is 32.1. The summed E-state index contributed by atoms with van der Waals surface area (Å²) in [6.07, 6.45) is 6.99. The van der Waals surface area contributed by atoms with E-state index in [4.69, 9.17) is 0 Å². The monoisotopic (exact) mass is 303 g/mol. The SMILES string of the molecule is C[C@H]1CCc2c(sc3ncnc(N4CCC[C@@H](O)C4)c23)C1. The van der Waals surface area contributed by atoms with E-state index < -0.39 is 0 Å². The maximum Gasteiger partial charge on any atom is 0.141 e. The third-order valence-electron chi connectivity index (χ3n) is 4.77. The fourth-order valence-corrected chi connectivity index (χ4v) is 4.99. The van der Waals surface area contributed by atoms with Crippen molar-refractivity contribution in [2.24, 2.45) is 5.92 Å². The molecule has 0 spiro atoms. The van der Waals surface area contributed by atoms with Crippen molar-refractivity contribution in [3.05, 3.63) is 16.8 Å². The molecule has 2 aromatic rings. The van der Waals surface area contributed by atoms with Gasteiger partial charge >= 0.3 is 0 Å². The molecule has 0 unspecified atom stereocenters. The topological polar surface area (TPSA) is 49.2 Å². The lowest BCUT2D eigenvalue weighted by atomic mass is 9.89. The minimum Gasteiger partial charge on any atom is -0.391 e. The summed E-state index contributed by atoms with van der Waals surface area (Å²) in [6.45, 7) is 4.03. The van der Waals surface area contributed by atoms with Crippen molar-refractivity contribution >= 4 is 27.4 Å². The number of fused-ring (bicyclic) bond motifs is 3. The molecule has 1 aliphatic carbocycles. The molecule has 2 aromatic heterocycles. The Morgan fingerprint density at radius 3 is 3.10 bits per heavy atom. The van der Waals surface area contributed by atoms with Gasteiger partial charge in [-0.15, -0.1) is 11.3 Å². The zero-order valence-electron chi connectivity index (χ0n) is 12.4. The lowest BCUT2D eigenvalue weighted by Crippen LogP contribution is -2.38. The Bertz CT molecular complexity index is 669. The Morgan fingerprint density at radius 2 is 2.24 bits per heavy atom. The van der Waals surface area contributed by atoms with Gasteiger partial charge in [0.2, 0.25) is 0 Å². The average molecular weight is 303 g/mol. The van der Waals surface area contributed by atoms with Crippen LogP contribution >= 0.6 is 11.3 Å². The number of aliphatic hydroxyl groups excluding tert-OH is 1. The van der Waals surface area contributed by atoms with Gasteiger partial charge in [-0.05, 0) is 43.6 Å². The number of hydrogen-bond acceptors (Lipinski definition) is 5. The Labute approximate surface area is 128 Å². The van der Waals surface area contributed by atoms with E-state index in [0.717, 1.165) is 42.4 Å². The summed E-state index contributed by atoms with van der Waals surface area (Å²) in [6, 6.07) is 0. The molecule has 0 amide bonds. The van der Waals surface area contributed by atoms with Crippen molar-refractivity contribution in [2.45, 2.75) is 45.1 Å². The Kier molecular flexibility index (Phi) is 3.34. The van der Waals surface area contributed by atoms with Crippen LogP contribution in [0.3, 0.4) is 0 Å². The van der Waals surface area contributed by atoms with Crippen molar-refractivity contribution in [1.82, 2.24) is 9.97 Å². The highest BCUT2D eigenvalue weighted by Gasteiger charge is 2.26. The Balaban J connectivity index is 1.82. The molecule has 21 heavy (non-hydrogen) atoms. The maximum atomic E-state index is 9.95. The molecule has 0 saturated carbocycles. The predicted molar refractivity (Wildman–Crippen MR) is 86.1 cm³/mol. The number of piperidine rings is 1. The van der Waals surface area contributed by atoms with Crippen molar-refractivity contribution in [3.63, 3.8) is 0 Å². The second-order valence-electron chi connectivity index (χ2n) is 6.47. The van der Waals surface area contributed by atoms with Crippen LogP contribution in [-0.2, 0) is 12.8 Å². The molecule has 1 fully saturated rings. The molecule has 5 heteroatoms. The van der Waals surface area contributed by atoms with Crippen LogP contribution < -0.4 is 4.90 Å². The summed E-state index contributed by atoms with van der Waals surface area (Å²) in [5.41, 5.74) is 1.48. The molecule has 2 aliphatic rings. The Morgan fingerprint density at radius 1 is 1.33 bits per heavy atom. The number of anilines is 1. The van der Waals surface area contributed by atoms with E-state index in [1.54, 1.807) is 6.33 Å². The fraction of sp³-hybridized carbons (Fsp3) is 0.625. The van der Waals surface area contributed by atoms with Crippen molar-refractivity contribution in [3.8, 4) is 0 Å². The van der Waals surface area contributed by atoms with Gasteiger partial charge < -0.3 is 10.0 Å². The normalized spacial score (nSPS) is 26.1. The predicted octanol–water partition coefficient (Wildman–Crippen LogP) is 2.78. The first-order valence-electron chi connectivity index (χ1n) is 7.90. The van der Waals surface area contributed by atoms with Gasteiger partial charge in [0, 0.05) is 18.0 Å². The third kappa shape index (κ3) is 2.32. The lowest BCUT2D eigenvalue weighted by molar-refractivity contribution is 0.154. The zero-order chi connectivity index (χ0) is 14.4. The summed E-state index contributed by atoms with van der Waals surface area (Å²) in [5, 5.41) is 11.2. The molecule has 1 saturated heterocycles. The van der Waals surface area contributed by atoms with E-state index in [1.165, 1.54) is 28.7 Å². The van der Waals surface area contributed by atoms with Gasteiger partial charge in [-0.3, -0.25) is 0 Å². The summed E-state index contributed by atoms with van der Waals surface area (Å²) in [4.78, 5) is 14.0. The van der Waals surface area contributed by atoms with E-state index in [9.17, 15) is 5.11 Å². The minimum absolute atomic E-state index is 0.224. The first kappa shape index (κ1) is 13.5. The number of thiophene rings is 1. The number of rotatable bonds is 1. The Hall–Kier alpha value is -1.20. The van der Waals surface area contributed by atoms with Gasteiger partial charge in [0.1, 0.15) is 17.0 Å². The van der Waals surface area contributed by atoms with E-state index in [0.29, 0.717) is 6.54 Å². The average Bonchev–Trinajstić information content (AvgIpc) is 2.84. The van der Waals surface area contributed by atoms with Crippen LogP contribution in [0.15, 0.2) is 6.33 Å². The van der Waals surface area contributed by atoms with Crippen molar-refractivity contribution in [1.29, 1.82) is 0 Å². The molecule has 2 atom stereocenters. The van der Waals surface area contributed by atoms with Gasteiger partial charge in [-0.25, -0.2) is 9.97 Å². The van der Waals surface area contributed by atoms with Crippen LogP contribution in [0.1, 0.15) is 36.6 Å². The summed E-state index contributed by atoms with van der Waals surface area (Å²) < 4.78 is 0. The molecular weight excluding hydrogens is 282 g/mol. The summed E-state index contributed by atoms with van der Waals surface area (Å²) in [5.74, 6) is 1.82. The molecule has 0 bridgehead atoms. The maximum absolute atomic E-state index is 9.95. The van der Waals surface area contributed by atoms with Crippen LogP contribution in [0, 0.1) is 5.92 Å². The molecule has 1 N–H and O–H groups in total. The molecule has 112 valence electrons. The first-order chi connectivity index (χ1) is 10.2. The van der Waals surface area contributed by atoms with Gasteiger partial charge in [0.15, 0.2) is 0 Å². The van der Waals surface area contributed by atoms with Crippen LogP contribution in [-0.4, -0.2) is 34.3 Å². The molecule has 3 heterocycles. The van der Waals surface area contributed by atoms with Gasteiger partial charge in [0.05, 0.1) is 11.5 Å². The van der Waals surface area contributed by atoms with Crippen LogP contribution in [0.4, 0.5) is 5.82 Å². The first-order valence-corrected chi connectivity index (χ1v) is 8.72. The molecule has 1 aliphatic heterocycles. The van der Waals surface area contributed by atoms with Crippen molar-refractivity contribution in [2.75, 3.05) is 18.0 Å². The molecule has 0 radical (unpaired) electrons. The number of aromatic nitrogens is 2. The largest absolute Gasteiger partial charge is 0.391 e. The third-order valence-corrected chi connectivity index (χ3v) is 5.93. The quantitative estimate of drug-likeness (QED) is 0.880. The standard InChI is InChI=1S/C16H21N3OS/c1-10-4-5-12-13(7-10)21-16-14(12)15(17-9-18-16)19-6-2-3-11(20)8-19/h9-11,20H,2-8H2,1H3/t10-,11+/m0/s1. The van der Waals surface area contributed by atoms with Gasteiger partial charge in [-0.2, -0.15) is 0 Å². The second kappa shape index (κ2) is 5.21. The second-order valence-corrected chi connectivity index (χ2v) is 7.55. The number of hydrogen-bond donors (Lipinski definition) is 1. The number of aliphatic hydroxyl groups is 1. The van der Waals surface area contributed by atoms with Crippen LogP contribution in [0.2, 0.25) is 0 Å². The number of aryl methyl sites for hydroxylation is 1. The summed E-state index contributed by atoms with van der Waals surface area (Å²) >= 11 is 1.84. The van der Waals surface area contributed by atoms with Gasteiger partial charge in [0.25, 0.3) is 0 Å². The zero-order valence-corrected chi connectivity index (χ0v) is 13.2. The highest BCUT2D eigenvalue weighted by molar-refractivity contribution is 7.19. The smallest absolute Gasteiger partial charge is 0.141 e. The number of β-amino-alcohol motifs (C(OH)–C–C–N with tert-alkyl or cyclic N) is 1. The van der Waals surface area contributed by atoms with E-state index in [2.05, 4.69) is 21.8 Å². The van der Waals surface area contributed by atoms with Crippen molar-refractivity contribution < 1.29 is 5.11 Å². The number of nitrogens with zero attached hydrogens (tertiary/aromatic N) is 3. The lowest BCUT2D eigenvalue weighted by Gasteiger charge is -2.31. The van der Waals surface area contributed by atoms with Crippen LogP contribution in [0.5, 0.6) is 0 Å². The fourth-order valence-electron chi connectivity index (χ4n) is 3.65. The summed E-state index contributed by atoms with van der Waals surface area (Å²) in [7, 11) is 0. The molecule has 0 aromatic carbocycles. The van der Waals surface area contributed by atoms with E-state index >= 15 is 0 Å². The van der Waals surface area contributed by atoms with E-state index in [1.807, 2.05) is 11.3 Å². The molecular formula is C16H21N3OS. The minimum atomic E-state index is -0.224.